The van der Waals surface area contributed by atoms with Crippen molar-refractivity contribution in [1.29, 1.82) is 0 Å². The number of aliphatic carboxylic acids is 2. The first-order valence-electron chi connectivity index (χ1n) is 14.6. The molecule has 3 aromatic heterocycles. The van der Waals surface area contributed by atoms with Gasteiger partial charge in [0, 0.05) is 71.1 Å². The Kier molecular flexibility index (Phi) is 9.63. The van der Waals surface area contributed by atoms with E-state index in [1.54, 1.807) is 13.0 Å². The number of rotatable bonds is 8. The van der Waals surface area contributed by atoms with Gasteiger partial charge in [0.15, 0.2) is 0 Å². The fourth-order valence-electron chi connectivity index (χ4n) is 6.53. The van der Waals surface area contributed by atoms with Crippen molar-refractivity contribution in [2.75, 3.05) is 0 Å². The maximum absolute atomic E-state index is 12.7. The second kappa shape index (κ2) is 12.9. The summed E-state index contributed by atoms with van der Waals surface area (Å²) < 4.78 is 0. The van der Waals surface area contributed by atoms with Gasteiger partial charge >= 0.3 is 17.9 Å². The topological polar surface area (TPSA) is 169 Å². The number of nitrogens with one attached hydrogen (secondary N) is 2. The molecule has 5 heterocycles. The Morgan fingerprint density at radius 3 is 2.20 bits per heavy atom. The summed E-state index contributed by atoms with van der Waals surface area (Å²) in [5.41, 5.74) is 9.27. The van der Waals surface area contributed by atoms with Crippen LogP contribution in [0.1, 0.15) is 101 Å². The summed E-state index contributed by atoms with van der Waals surface area (Å²) in [4.78, 5) is 53.2. The number of carbonyl (C=O) groups is 3. The number of allylic oxidation sites excluding steroid dienone is 3. The van der Waals surface area contributed by atoms with Crippen molar-refractivity contribution < 1.29 is 49.2 Å². The Morgan fingerprint density at radius 2 is 1.60 bits per heavy atom. The Morgan fingerprint density at radius 1 is 0.911 bits per heavy atom. The van der Waals surface area contributed by atoms with Gasteiger partial charge in [0.05, 0.1) is 34.6 Å². The fraction of sp³-hybridized carbons (Fsp3) is 0.324. The standard InChI is InChI=1S/C34H36N4O6.Zn/c1-7-19-15(3)23-12-25-17(5)21(9-10-29(39)40)32(37-25)22(11-30(41)42)33-31(34(43)44)18(6)26(38-33)14-28-20(8-2)16(4)24(36-28)13-27(19)35-23;/h7,12-14,17,21,36,38H,1,8-11H2,2-6H3,(H,39,40)(H,41,42)(H,43,44);/t17-,21-;/m0./s1. The summed E-state index contributed by atoms with van der Waals surface area (Å²) >= 11 is 0. The third-order valence-electron chi connectivity index (χ3n) is 8.95. The van der Waals surface area contributed by atoms with Gasteiger partial charge in [-0.25, -0.2) is 9.78 Å². The van der Waals surface area contributed by atoms with Crippen molar-refractivity contribution in [3.8, 4) is 0 Å². The largest absolute Gasteiger partial charge is 0.481 e. The van der Waals surface area contributed by atoms with E-state index in [0.29, 0.717) is 28.2 Å². The van der Waals surface area contributed by atoms with Crippen LogP contribution in [0.3, 0.4) is 0 Å². The molecule has 2 atom stereocenters. The second-order valence-corrected chi connectivity index (χ2v) is 11.5. The average molecular weight is 662 g/mol. The molecule has 230 valence electrons. The van der Waals surface area contributed by atoms with Gasteiger partial charge in [-0.15, -0.1) is 0 Å². The van der Waals surface area contributed by atoms with Crippen LogP contribution in [0.25, 0.3) is 33.2 Å². The molecule has 0 aliphatic carbocycles. The van der Waals surface area contributed by atoms with Crippen molar-refractivity contribution in [3.63, 3.8) is 0 Å². The van der Waals surface area contributed by atoms with Crippen LogP contribution in [-0.4, -0.2) is 53.2 Å². The molecule has 0 radical (unpaired) electrons. The van der Waals surface area contributed by atoms with Crippen LogP contribution < -0.4 is 0 Å². The van der Waals surface area contributed by atoms with E-state index in [0.717, 1.165) is 45.4 Å². The number of hydrogen-bond donors (Lipinski definition) is 5. The predicted molar refractivity (Wildman–Crippen MR) is 169 cm³/mol. The molecular formula is C34H36N4O6Zn. The summed E-state index contributed by atoms with van der Waals surface area (Å²) in [7, 11) is 0. The molecule has 0 spiro atoms. The average Bonchev–Trinajstić information content (AvgIpc) is 3.63. The van der Waals surface area contributed by atoms with Crippen LogP contribution in [0, 0.1) is 13.8 Å². The number of aromatic carboxylic acids is 1. The van der Waals surface area contributed by atoms with Gasteiger partial charge in [0.1, 0.15) is 0 Å². The molecule has 8 bridgehead atoms. The van der Waals surface area contributed by atoms with Crippen LogP contribution in [0.4, 0.5) is 0 Å². The van der Waals surface area contributed by atoms with Crippen molar-refractivity contribution >= 4 is 51.1 Å². The van der Waals surface area contributed by atoms with Crippen LogP contribution in [0.2, 0.25) is 0 Å². The fourth-order valence-corrected chi connectivity index (χ4v) is 6.53. The Labute approximate surface area is 273 Å². The summed E-state index contributed by atoms with van der Waals surface area (Å²) in [5.74, 6) is -4.08. The summed E-state index contributed by atoms with van der Waals surface area (Å²) in [5, 5.41) is 29.9. The number of aromatic nitrogens is 4. The molecule has 2 aliphatic heterocycles. The van der Waals surface area contributed by atoms with E-state index < -0.39 is 30.2 Å². The minimum atomic E-state index is -1.20. The number of hydrogen-bond acceptors (Lipinski definition) is 5. The molecule has 0 aromatic carbocycles. The molecule has 0 fully saturated rings. The summed E-state index contributed by atoms with van der Waals surface area (Å²) in [6, 6.07) is 5.70. The van der Waals surface area contributed by atoms with Gasteiger partial charge in [-0.1, -0.05) is 26.5 Å². The van der Waals surface area contributed by atoms with Gasteiger partial charge in [-0.2, -0.15) is 0 Å². The number of fused-ring (bicyclic) bond motifs is 8. The predicted octanol–water partition coefficient (Wildman–Crippen LogP) is 6.69. The van der Waals surface area contributed by atoms with Crippen LogP contribution in [-0.2, 0) is 41.9 Å². The van der Waals surface area contributed by atoms with Gasteiger partial charge in [-0.3, -0.25) is 14.6 Å². The number of carboxylic acids is 3. The van der Waals surface area contributed by atoms with Gasteiger partial charge in [0.2, 0.25) is 0 Å². The molecule has 11 heteroatoms. The zero-order valence-electron chi connectivity index (χ0n) is 26.2. The maximum Gasteiger partial charge on any atom is 0.338 e. The van der Waals surface area contributed by atoms with Crippen molar-refractivity contribution in [2.24, 2.45) is 0 Å². The van der Waals surface area contributed by atoms with E-state index in [-0.39, 0.29) is 54.9 Å². The van der Waals surface area contributed by atoms with Crippen LogP contribution in [0.15, 0.2) is 30.9 Å². The summed E-state index contributed by atoms with van der Waals surface area (Å²) in [6.45, 7) is 13.7. The molecule has 0 saturated heterocycles. The minimum absolute atomic E-state index is 0. The van der Waals surface area contributed by atoms with Crippen molar-refractivity contribution in [1.82, 2.24) is 19.9 Å². The van der Waals surface area contributed by atoms with Gasteiger partial charge in [0.25, 0.3) is 0 Å². The smallest absolute Gasteiger partial charge is 0.338 e. The molecule has 45 heavy (non-hydrogen) atoms. The first-order chi connectivity index (χ1) is 20.9. The third kappa shape index (κ3) is 6.01. The first kappa shape index (κ1) is 33.5. The number of carboxylic acid groups (broad SMARTS) is 3. The molecular weight excluding hydrogens is 626 g/mol. The Bertz CT molecular complexity index is 1950. The molecule has 5 N–H and O–H groups in total. The third-order valence-corrected chi connectivity index (χ3v) is 8.95. The van der Waals surface area contributed by atoms with Gasteiger partial charge < -0.3 is 25.3 Å². The van der Waals surface area contributed by atoms with Crippen LogP contribution >= 0.6 is 0 Å². The van der Waals surface area contributed by atoms with E-state index in [2.05, 4.69) is 16.5 Å². The van der Waals surface area contributed by atoms with E-state index in [1.807, 2.05) is 45.9 Å². The number of H-pyrrole nitrogens is 2. The minimum Gasteiger partial charge on any atom is -0.481 e. The summed E-state index contributed by atoms with van der Waals surface area (Å²) in [6.07, 6.45) is 2.04. The molecule has 0 unspecified atom stereocenters. The SMILES string of the molecule is C=CC1=C(C)c2cc3nc(c(CC(=O)O)c4[nH]c(cc5[nH]c(cc1n2)c(C)c5CC)c(C)c4C(=O)O)[C@@H](CCC(=O)O)[C@@H]3C.[Zn]. The second-order valence-electron chi connectivity index (χ2n) is 11.5. The number of nitrogens with zero attached hydrogens (tertiary/aromatic N) is 2. The Hall–Kier alpha value is -4.37. The molecule has 2 aliphatic rings. The molecule has 0 saturated carbocycles. The van der Waals surface area contributed by atoms with Crippen LogP contribution in [0.5, 0.6) is 0 Å². The van der Waals surface area contributed by atoms with E-state index in [4.69, 9.17) is 9.97 Å². The zero-order chi connectivity index (χ0) is 32.0. The van der Waals surface area contributed by atoms with Crippen molar-refractivity contribution in [3.05, 3.63) is 81.4 Å². The maximum atomic E-state index is 12.7. The van der Waals surface area contributed by atoms with Gasteiger partial charge in [-0.05, 0) is 74.1 Å². The molecule has 3 aromatic rings. The van der Waals surface area contributed by atoms with E-state index in [9.17, 15) is 29.7 Å². The van der Waals surface area contributed by atoms with E-state index >= 15 is 0 Å². The number of aromatic amines is 2. The number of aryl methyl sites for hydroxylation is 3. The van der Waals surface area contributed by atoms with E-state index in [1.165, 1.54) is 0 Å². The molecule has 5 rings (SSSR count). The zero-order valence-corrected chi connectivity index (χ0v) is 29.1. The quantitative estimate of drug-likeness (QED) is 0.166. The Balaban J connectivity index is 0.00000461. The monoisotopic (exact) mass is 660 g/mol. The normalized spacial score (nSPS) is 15.9. The molecule has 10 nitrogen and oxygen atoms in total. The molecule has 0 amide bonds. The van der Waals surface area contributed by atoms with Crippen molar-refractivity contribution in [2.45, 2.75) is 72.1 Å². The first-order valence-corrected chi connectivity index (χ1v) is 14.6.